The molecule has 1 aliphatic carbocycles. The fourth-order valence-corrected chi connectivity index (χ4v) is 3.24. The molecule has 2 aromatic rings. The molecule has 1 aromatic carbocycles. The largest absolute Gasteiger partial charge is 0.452 e. The second-order valence-electron chi connectivity index (χ2n) is 6.68. The molecule has 1 amide bonds. The van der Waals surface area contributed by atoms with E-state index in [9.17, 15) is 14.9 Å². The highest BCUT2D eigenvalue weighted by Crippen LogP contribution is 2.26. The Morgan fingerprint density at radius 1 is 1.19 bits per heavy atom. The third-order valence-electron chi connectivity index (χ3n) is 4.72. The predicted molar refractivity (Wildman–Crippen MR) is 96.4 cm³/mol. The van der Waals surface area contributed by atoms with Crippen LogP contribution < -0.4 is 5.32 Å². The van der Waals surface area contributed by atoms with E-state index in [2.05, 4.69) is 16.4 Å². The second-order valence-corrected chi connectivity index (χ2v) is 6.68. The van der Waals surface area contributed by atoms with Crippen molar-refractivity contribution in [3.05, 3.63) is 42.4 Å². The van der Waals surface area contributed by atoms with E-state index in [0.29, 0.717) is 24.2 Å². The minimum absolute atomic E-state index is 0.329. The van der Waals surface area contributed by atoms with E-state index < -0.39 is 24.0 Å². The zero-order chi connectivity index (χ0) is 19.1. The molecule has 1 N–H and O–H groups in total. The first kappa shape index (κ1) is 18.6. The van der Waals surface area contributed by atoms with Crippen LogP contribution in [-0.4, -0.2) is 29.0 Å². The molecule has 1 aliphatic rings. The van der Waals surface area contributed by atoms with E-state index in [1.165, 1.54) is 6.39 Å². The molecular formula is C20H21N3O4. The van der Waals surface area contributed by atoms with Crippen LogP contribution in [0.1, 0.15) is 48.9 Å². The Morgan fingerprint density at radius 2 is 1.89 bits per heavy atom. The minimum atomic E-state index is -0.848. The van der Waals surface area contributed by atoms with Crippen molar-refractivity contribution in [2.45, 2.75) is 44.1 Å². The van der Waals surface area contributed by atoms with Crippen LogP contribution in [0.25, 0.3) is 11.3 Å². The maximum Gasteiger partial charge on any atom is 0.338 e. The van der Waals surface area contributed by atoms with Gasteiger partial charge in [0.1, 0.15) is 5.54 Å². The number of rotatable bonds is 5. The highest BCUT2D eigenvalue weighted by molar-refractivity contribution is 5.91. The summed E-state index contributed by atoms with van der Waals surface area (Å²) in [6.07, 6.45) is 8.13. The van der Waals surface area contributed by atoms with Gasteiger partial charge in [-0.2, -0.15) is 5.26 Å². The highest BCUT2D eigenvalue weighted by Gasteiger charge is 2.32. The number of hydrogen-bond donors (Lipinski definition) is 1. The summed E-state index contributed by atoms with van der Waals surface area (Å²) in [4.78, 5) is 28.2. The maximum absolute atomic E-state index is 12.2. The van der Waals surface area contributed by atoms with Gasteiger partial charge in [-0.05, 0) is 25.0 Å². The van der Waals surface area contributed by atoms with Crippen molar-refractivity contribution in [3.8, 4) is 17.4 Å². The average molecular weight is 367 g/mol. The fourth-order valence-electron chi connectivity index (χ4n) is 3.24. The van der Waals surface area contributed by atoms with Crippen molar-refractivity contribution < 1.29 is 18.7 Å². The van der Waals surface area contributed by atoms with Gasteiger partial charge in [-0.15, -0.1) is 0 Å². The standard InChI is InChI=1S/C20H21N3O4/c21-13-20(9-3-1-2-4-10-20)23-18(24)12-26-19(25)16-7-5-15(6-8-16)17-11-22-14-27-17/h5-8,11,14H,1-4,9-10,12H2,(H,23,24). The van der Waals surface area contributed by atoms with Crippen LogP contribution in [0, 0.1) is 11.3 Å². The quantitative estimate of drug-likeness (QED) is 0.642. The van der Waals surface area contributed by atoms with E-state index in [0.717, 1.165) is 31.2 Å². The molecule has 0 aliphatic heterocycles. The number of nitrogens with zero attached hydrogens (tertiary/aromatic N) is 2. The Morgan fingerprint density at radius 3 is 2.48 bits per heavy atom. The number of hydrogen-bond acceptors (Lipinski definition) is 6. The average Bonchev–Trinajstić information content (AvgIpc) is 3.14. The molecule has 0 spiro atoms. The summed E-state index contributed by atoms with van der Waals surface area (Å²) in [7, 11) is 0. The third kappa shape index (κ3) is 4.73. The normalized spacial score (nSPS) is 16.0. The zero-order valence-electron chi connectivity index (χ0n) is 14.9. The molecule has 7 heteroatoms. The number of ether oxygens (including phenoxy) is 1. The molecule has 1 aromatic heterocycles. The molecule has 140 valence electrons. The summed E-state index contributed by atoms with van der Waals surface area (Å²) < 4.78 is 10.3. The molecule has 1 saturated carbocycles. The summed E-state index contributed by atoms with van der Waals surface area (Å²) in [5.41, 5.74) is 0.264. The molecule has 27 heavy (non-hydrogen) atoms. The van der Waals surface area contributed by atoms with Gasteiger partial charge in [-0.1, -0.05) is 37.8 Å². The first-order valence-electron chi connectivity index (χ1n) is 9.00. The van der Waals surface area contributed by atoms with Crippen molar-refractivity contribution in [1.82, 2.24) is 10.3 Å². The molecule has 7 nitrogen and oxygen atoms in total. The summed E-state index contributed by atoms with van der Waals surface area (Å²) in [6, 6.07) is 8.87. The molecular weight excluding hydrogens is 346 g/mol. The van der Waals surface area contributed by atoms with Crippen molar-refractivity contribution in [1.29, 1.82) is 5.26 Å². The first-order chi connectivity index (χ1) is 13.1. The van der Waals surface area contributed by atoms with Gasteiger partial charge < -0.3 is 14.5 Å². The molecule has 0 unspecified atom stereocenters. The van der Waals surface area contributed by atoms with Crippen LogP contribution in [-0.2, 0) is 9.53 Å². The van der Waals surface area contributed by atoms with Crippen LogP contribution >= 0.6 is 0 Å². The van der Waals surface area contributed by atoms with E-state index in [1.807, 2.05) is 0 Å². The van der Waals surface area contributed by atoms with E-state index >= 15 is 0 Å². The molecule has 1 heterocycles. The van der Waals surface area contributed by atoms with E-state index in [1.54, 1.807) is 30.5 Å². The Hall–Kier alpha value is -3.14. The summed E-state index contributed by atoms with van der Waals surface area (Å²) in [5.74, 6) is -0.453. The van der Waals surface area contributed by atoms with Crippen molar-refractivity contribution in [2.24, 2.45) is 0 Å². The summed E-state index contributed by atoms with van der Waals surface area (Å²) in [5, 5.41) is 12.3. The Labute approximate surface area is 157 Å². The minimum Gasteiger partial charge on any atom is -0.452 e. The number of carbonyl (C=O) groups is 2. The number of carbonyl (C=O) groups excluding carboxylic acids is 2. The van der Waals surface area contributed by atoms with Crippen LogP contribution in [0.5, 0.6) is 0 Å². The highest BCUT2D eigenvalue weighted by atomic mass is 16.5. The molecule has 3 rings (SSSR count). The molecule has 0 saturated heterocycles. The lowest BCUT2D eigenvalue weighted by Gasteiger charge is -2.26. The Kier molecular flexibility index (Phi) is 5.87. The van der Waals surface area contributed by atoms with Crippen LogP contribution in [0.3, 0.4) is 0 Å². The SMILES string of the molecule is N#CC1(NC(=O)COC(=O)c2ccc(-c3cnco3)cc2)CCCCCC1. The summed E-state index contributed by atoms with van der Waals surface area (Å²) >= 11 is 0. The van der Waals surface area contributed by atoms with Gasteiger partial charge in [0.05, 0.1) is 17.8 Å². The second kappa shape index (κ2) is 8.49. The van der Waals surface area contributed by atoms with Gasteiger partial charge in [0.2, 0.25) is 0 Å². The summed E-state index contributed by atoms with van der Waals surface area (Å²) in [6.45, 7) is -0.411. The first-order valence-corrected chi connectivity index (χ1v) is 9.00. The molecule has 1 fully saturated rings. The number of amides is 1. The third-order valence-corrected chi connectivity index (χ3v) is 4.72. The fraction of sp³-hybridized carbons (Fsp3) is 0.400. The Balaban J connectivity index is 1.54. The number of benzene rings is 1. The zero-order valence-corrected chi connectivity index (χ0v) is 14.9. The van der Waals surface area contributed by atoms with Gasteiger partial charge in [-0.3, -0.25) is 4.79 Å². The van der Waals surface area contributed by atoms with Gasteiger partial charge in [0, 0.05) is 5.56 Å². The van der Waals surface area contributed by atoms with E-state index in [-0.39, 0.29) is 0 Å². The van der Waals surface area contributed by atoms with Gasteiger partial charge in [0.25, 0.3) is 5.91 Å². The Bertz CT molecular complexity index is 814. The van der Waals surface area contributed by atoms with E-state index in [4.69, 9.17) is 9.15 Å². The van der Waals surface area contributed by atoms with Gasteiger partial charge in [0.15, 0.2) is 18.8 Å². The number of esters is 1. The van der Waals surface area contributed by atoms with Crippen molar-refractivity contribution in [2.75, 3.05) is 6.61 Å². The predicted octanol–water partition coefficient (Wildman–Crippen LogP) is 3.23. The number of nitriles is 1. The lowest BCUT2D eigenvalue weighted by molar-refractivity contribution is -0.125. The topological polar surface area (TPSA) is 105 Å². The van der Waals surface area contributed by atoms with Gasteiger partial charge >= 0.3 is 5.97 Å². The van der Waals surface area contributed by atoms with Crippen molar-refractivity contribution in [3.63, 3.8) is 0 Å². The smallest absolute Gasteiger partial charge is 0.338 e. The lowest BCUT2D eigenvalue weighted by Crippen LogP contribution is -2.48. The maximum atomic E-state index is 12.2. The molecule has 0 radical (unpaired) electrons. The van der Waals surface area contributed by atoms with Crippen LogP contribution in [0.15, 0.2) is 41.3 Å². The number of aromatic nitrogens is 1. The lowest BCUT2D eigenvalue weighted by atomic mass is 9.92. The number of oxazole rings is 1. The van der Waals surface area contributed by atoms with Crippen LogP contribution in [0.2, 0.25) is 0 Å². The number of nitrogens with one attached hydrogen (secondary N) is 1. The molecule has 0 bridgehead atoms. The monoisotopic (exact) mass is 367 g/mol. The van der Waals surface area contributed by atoms with Gasteiger partial charge in [-0.25, -0.2) is 9.78 Å². The van der Waals surface area contributed by atoms with Crippen LogP contribution in [0.4, 0.5) is 0 Å². The van der Waals surface area contributed by atoms with Crippen molar-refractivity contribution >= 4 is 11.9 Å². The molecule has 0 atom stereocenters.